The average molecular weight is 320 g/mol. The molecule has 0 spiro atoms. The lowest BCUT2D eigenvalue weighted by Crippen LogP contribution is -2.50. The van der Waals surface area contributed by atoms with E-state index in [1.807, 2.05) is 20.8 Å². The Morgan fingerprint density at radius 1 is 1.39 bits per heavy atom. The van der Waals surface area contributed by atoms with Gasteiger partial charge in [0.1, 0.15) is 6.04 Å². The number of carbonyl (C=O) groups excluding carboxylic acids is 1. The molecule has 1 aliphatic rings. The van der Waals surface area contributed by atoms with Crippen molar-refractivity contribution in [2.45, 2.75) is 46.1 Å². The van der Waals surface area contributed by atoms with E-state index in [2.05, 4.69) is 4.98 Å². The van der Waals surface area contributed by atoms with E-state index in [-0.39, 0.29) is 22.9 Å². The quantitative estimate of drug-likeness (QED) is 0.886. The molecule has 1 aromatic heterocycles. The second kappa shape index (κ2) is 6.98. The molecule has 126 valence electrons. The lowest BCUT2D eigenvalue weighted by molar-refractivity contribution is -0.144. The maximum Gasteiger partial charge on any atom is 0.326 e. The summed E-state index contributed by atoms with van der Waals surface area (Å²) in [5.74, 6) is -0.744. The first-order chi connectivity index (χ1) is 10.8. The first-order valence-corrected chi connectivity index (χ1v) is 8.05. The van der Waals surface area contributed by atoms with Crippen molar-refractivity contribution < 1.29 is 14.7 Å². The Kier molecular flexibility index (Phi) is 5.23. The monoisotopic (exact) mass is 320 g/mol. The van der Waals surface area contributed by atoms with Gasteiger partial charge in [-0.05, 0) is 37.2 Å². The highest BCUT2D eigenvalue weighted by molar-refractivity contribution is 5.96. The number of rotatable bonds is 4. The maximum atomic E-state index is 12.7. The predicted octanol–water partition coefficient (Wildman–Crippen LogP) is 1.90. The topological polar surface area (TPSA) is 90.5 Å². The molecule has 2 unspecified atom stereocenters. The van der Waals surface area contributed by atoms with E-state index in [1.165, 1.54) is 11.0 Å². The molecular formula is C17H24N2O4. The van der Waals surface area contributed by atoms with Gasteiger partial charge in [-0.2, -0.15) is 0 Å². The Hall–Kier alpha value is -2.11. The van der Waals surface area contributed by atoms with Gasteiger partial charge in [-0.25, -0.2) is 4.79 Å². The minimum atomic E-state index is -0.989. The minimum absolute atomic E-state index is 0.269. The van der Waals surface area contributed by atoms with Crippen LogP contribution in [0.25, 0.3) is 0 Å². The van der Waals surface area contributed by atoms with Gasteiger partial charge in [0.2, 0.25) is 5.56 Å². The number of nitrogens with one attached hydrogen (secondary N) is 1. The molecule has 0 saturated carbocycles. The molecular weight excluding hydrogens is 296 g/mol. The molecule has 1 aromatic rings. The van der Waals surface area contributed by atoms with Gasteiger partial charge in [0.05, 0.1) is 0 Å². The van der Waals surface area contributed by atoms with Gasteiger partial charge in [0.25, 0.3) is 5.91 Å². The van der Waals surface area contributed by atoms with Crippen molar-refractivity contribution in [2.75, 3.05) is 6.54 Å². The number of aliphatic carboxylic acids is 1. The number of likely N-dealkylation sites (tertiary alicyclic amines) is 1. The number of pyridine rings is 1. The fourth-order valence-electron chi connectivity index (χ4n) is 3.06. The van der Waals surface area contributed by atoms with Crippen LogP contribution in [0.2, 0.25) is 0 Å². The van der Waals surface area contributed by atoms with E-state index >= 15 is 0 Å². The number of piperidine rings is 1. The second-order valence-corrected chi connectivity index (χ2v) is 6.84. The van der Waals surface area contributed by atoms with Crippen molar-refractivity contribution in [1.82, 2.24) is 9.88 Å². The van der Waals surface area contributed by atoms with E-state index in [4.69, 9.17) is 0 Å². The minimum Gasteiger partial charge on any atom is -0.480 e. The van der Waals surface area contributed by atoms with Gasteiger partial charge in [0, 0.05) is 23.9 Å². The number of hydrogen-bond acceptors (Lipinski definition) is 3. The lowest BCUT2D eigenvalue weighted by atomic mass is 9.92. The number of nitrogens with zero attached hydrogens (tertiary/aromatic N) is 1. The summed E-state index contributed by atoms with van der Waals surface area (Å²) in [4.78, 5) is 40.1. The van der Waals surface area contributed by atoms with Crippen LogP contribution in [-0.4, -0.2) is 39.5 Å². The van der Waals surface area contributed by atoms with Gasteiger partial charge in [-0.15, -0.1) is 0 Å². The molecule has 2 atom stereocenters. The highest BCUT2D eigenvalue weighted by Crippen LogP contribution is 2.24. The smallest absolute Gasteiger partial charge is 0.326 e. The zero-order chi connectivity index (χ0) is 17.1. The van der Waals surface area contributed by atoms with Crippen LogP contribution in [0.5, 0.6) is 0 Å². The van der Waals surface area contributed by atoms with Gasteiger partial charge in [-0.1, -0.05) is 20.8 Å². The van der Waals surface area contributed by atoms with Crippen LogP contribution in [0.3, 0.4) is 0 Å². The standard InChI is InChI=1S/C17H24N2O4/c1-10(2)6-13-8-12(9-15(20)18-13)16(21)19-5-4-11(3)7-14(19)17(22)23/h8-11,14H,4-7H2,1-3H3,(H,18,20)(H,22,23). The van der Waals surface area contributed by atoms with E-state index in [0.29, 0.717) is 31.0 Å². The van der Waals surface area contributed by atoms with Crippen molar-refractivity contribution in [3.63, 3.8) is 0 Å². The van der Waals surface area contributed by atoms with Crippen LogP contribution in [-0.2, 0) is 11.2 Å². The molecule has 1 fully saturated rings. The third-order valence-electron chi connectivity index (χ3n) is 4.19. The molecule has 0 aromatic carbocycles. The largest absolute Gasteiger partial charge is 0.480 e. The summed E-state index contributed by atoms with van der Waals surface area (Å²) in [6.45, 7) is 6.45. The molecule has 2 N–H and O–H groups in total. The predicted molar refractivity (Wildman–Crippen MR) is 86.5 cm³/mol. The van der Waals surface area contributed by atoms with Crippen molar-refractivity contribution in [3.05, 3.63) is 33.7 Å². The molecule has 0 radical (unpaired) electrons. The Morgan fingerprint density at radius 2 is 2.09 bits per heavy atom. The number of aromatic nitrogens is 1. The van der Waals surface area contributed by atoms with E-state index in [0.717, 1.165) is 6.42 Å². The summed E-state index contributed by atoms with van der Waals surface area (Å²) in [5, 5.41) is 9.39. The molecule has 0 aliphatic carbocycles. The van der Waals surface area contributed by atoms with Crippen LogP contribution in [0.15, 0.2) is 16.9 Å². The molecule has 6 heteroatoms. The Morgan fingerprint density at radius 3 is 2.70 bits per heavy atom. The summed E-state index contributed by atoms with van der Waals surface area (Å²) in [7, 11) is 0. The molecule has 2 rings (SSSR count). The summed E-state index contributed by atoms with van der Waals surface area (Å²) in [6, 6.07) is 2.10. The van der Waals surface area contributed by atoms with Crippen molar-refractivity contribution >= 4 is 11.9 Å². The van der Waals surface area contributed by atoms with Crippen LogP contribution in [0.1, 0.15) is 49.7 Å². The van der Waals surface area contributed by atoms with Gasteiger partial charge >= 0.3 is 5.97 Å². The van der Waals surface area contributed by atoms with Gasteiger partial charge in [-0.3, -0.25) is 9.59 Å². The summed E-state index contributed by atoms with van der Waals surface area (Å²) >= 11 is 0. The molecule has 1 amide bonds. The molecule has 2 heterocycles. The Labute approximate surface area is 135 Å². The summed E-state index contributed by atoms with van der Waals surface area (Å²) < 4.78 is 0. The summed E-state index contributed by atoms with van der Waals surface area (Å²) in [6.07, 6.45) is 1.89. The highest BCUT2D eigenvalue weighted by atomic mass is 16.4. The molecule has 0 bridgehead atoms. The van der Waals surface area contributed by atoms with Crippen LogP contribution < -0.4 is 5.56 Å². The average Bonchev–Trinajstić information content (AvgIpc) is 2.45. The Balaban J connectivity index is 2.30. The van der Waals surface area contributed by atoms with Gasteiger partial charge in [0.15, 0.2) is 0 Å². The number of aromatic amines is 1. The highest BCUT2D eigenvalue weighted by Gasteiger charge is 2.35. The van der Waals surface area contributed by atoms with E-state index in [1.54, 1.807) is 6.07 Å². The van der Waals surface area contributed by atoms with Crippen molar-refractivity contribution in [2.24, 2.45) is 11.8 Å². The molecule has 6 nitrogen and oxygen atoms in total. The normalized spacial score (nSPS) is 21.5. The molecule has 23 heavy (non-hydrogen) atoms. The number of carboxylic acids is 1. The van der Waals surface area contributed by atoms with E-state index < -0.39 is 12.0 Å². The molecule has 1 saturated heterocycles. The number of carbonyl (C=O) groups is 2. The zero-order valence-electron chi connectivity index (χ0n) is 13.8. The fourth-order valence-corrected chi connectivity index (χ4v) is 3.06. The van der Waals surface area contributed by atoms with Crippen LogP contribution >= 0.6 is 0 Å². The fraction of sp³-hybridized carbons (Fsp3) is 0.588. The van der Waals surface area contributed by atoms with Crippen molar-refractivity contribution in [1.29, 1.82) is 0 Å². The van der Waals surface area contributed by atoms with Crippen LogP contribution in [0, 0.1) is 11.8 Å². The third kappa shape index (κ3) is 4.21. The Bertz CT molecular complexity index is 650. The first-order valence-electron chi connectivity index (χ1n) is 8.05. The number of H-pyrrole nitrogens is 1. The first kappa shape index (κ1) is 17.2. The van der Waals surface area contributed by atoms with Crippen molar-refractivity contribution in [3.8, 4) is 0 Å². The number of amides is 1. The molecule has 1 aliphatic heterocycles. The number of carboxylic acid groups (broad SMARTS) is 1. The van der Waals surface area contributed by atoms with Gasteiger partial charge < -0.3 is 15.0 Å². The SMILES string of the molecule is CC(C)Cc1cc(C(=O)N2CCC(C)CC2C(=O)O)cc(=O)[nH]1. The van der Waals surface area contributed by atoms with E-state index in [9.17, 15) is 19.5 Å². The zero-order valence-corrected chi connectivity index (χ0v) is 13.8. The lowest BCUT2D eigenvalue weighted by Gasteiger charge is -2.36. The summed E-state index contributed by atoms with van der Waals surface area (Å²) in [5.41, 5.74) is 0.641. The maximum absolute atomic E-state index is 12.7. The number of hydrogen-bond donors (Lipinski definition) is 2. The van der Waals surface area contributed by atoms with Crippen LogP contribution in [0.4, 0.5) is 0 Å². The second-order valence-electron chi connectivity index (χ2n) is 6.84. The third-order valence-corrected chi connectivity index (χ3v) is 4.19.